The van der Waals surface area contributed by atoms with Crippen LogP contribution in [0.25, 0.3) is 0 Å². The van der Waals surface area contributed by atoms with E-state index in [0.717, 1.165) is 5.69 Å². The number of anilines is 2. The van der Waals surface area contributed by atoms with Gasteiger partial charge in [0.2, 0.25) is 0 Å². The number of hydrogen-bond acceptors (Lipinski definition) is 5. The van der Waals surface area contributed by atoms with Crippen LogP contribution in [-0.4, -0.2) is 29.8 Å². The number of nitrogens with zero attached hydrogens (tertiary/aromatic N) is 2. The van der Waals surface area contributed by atoms with Crippen molar-refractivity contribution < 1.29 is 9.53 Å². The summed E-state index contributed by atoms with van der Waals surface area (Å²) in [6.07, 6.45) is 1.59. The number of carbonyl (C=O) groups is 1. The van der Waals surface area contributed by atoms with E-state index in [1.165, 1.54) is 0 Å². The second kappa shape index (κ2) is 7.42. The number of nitrogens with one attached hydrogen (secondary N) is 2. The lowest BCUT2D eigenvalue weighted by molar-refractivity contribution is 0.0952. The molecule has 0 atom stereocenters. The van der Waals surface area contributed by atoms with Crippen molar-refractivity contribution in [1.29, 1.82) is 0 Å². The number of amides is 1. The lowest BCUT2D eigenvalue weighted by Gasteiger charge is -2.08. The fourth-order valence-corrected chi connectivity index (χ4v) is 1.93. The molecule has 0 aliphatic carbocycles. The SMILES string of the molecule is C=CCNC(=O)c1ccc(Nc2ccc(OC)c(Cl)c2)nn1. The van der Waals surface area contributed by atoms with Gasteiger partial charge in [-0.05, 0) is 30.3 Å². The maximum absolute atomic E-state index is 11.7. The summed E-state index contributed by atoms with van der Waals surface area (Å²) in [5.74, 6) is 0.792. The predicted octanol–water partition coefficient (Wildman–Crippen LogP) is 2.80. The maximum Gasteiger partial charge on any atom is 0.272 e. The second-order valence-corrected chi connectivity index (χ2v) is 4.68. The highest BCUT2D eigenvalue weighted by Crippen LogP contribution is 2.28. The first kappa shape index (κ1) is 15.8. The van der Waals surface area contributed by atoms with E-state index in [4.69, 9.17) is 16.3 Å². The van der Waals surface area contributed by atoms with Crippen LogP contribution in [0.1, 0.15) is 10.5 Å². The number of aromatic nitrogens is 2. The smallest absolute Gasteiger partial charge is 0.272 e. The van der Waals surface area contributed by atoms with Crippen molar-refractivity contribution in [2.45, 2.75) is 0 Å². The molecule has 0 aliphatic heterocycles. The molecule has 6 nitrogen and oxygen atoms in total. The number of halogens is 1. The minimum Gasteiger partial charge on any atom is -0.495 e. The quantitative estimate of drug-likeness (QED) is 0.801. The van der Waals surface area contributed by atoms with Crippen LogP contribution in [0.3, 0.4) is 0 Å². The Hall–Kier alpha value is -2.60. The van der Waals surface area contributed by atoms with Gasteiger partial charge < -0.3 is 15.4 Å². The van der Waals surface area contributed by atoms with Crippen LogP contribution in [-0.2, 0) is 0 Å². The van der Waals surface area contributed by atoms with E-state index >= 15 is 0 Å². The summed E-state index contributed by atoms with van der Waals surface area (Å²) >= 11 is 6.05. The van der Waals surface area contributed by atoms with Gasteiger partial charge in [0.15, 0.2) is 11.5 Å². The lowest BCUT2D eigenvalue weighted by Crippen LogP contribution is -2.24. The Kier molecular flexibility index (Phi) is 5.32. The van der Waals surface area contributed by atoms with Crippen molar-refractivity contribution in [2.75, 3.05) is 19.0 Å². The number of benzene rings is 1. The monoisotopic (exact) mass is 318 g/mol. The van der Waals surface area contributed by atoms with Crippen LogP contribution < -0.4 is 15.4 Å². The first-order chi connectivity index (χ1) is 10.6. The average Bonchev–Trinajstić information content (AvgIpc) is 2.53. The number of rotatable bonds is 6. The first-order valence-corrected chi connectivity index (χ1v) is 6.85. The van der Waals surface area contributed by atoms with E-state index < -0.39 is 0 Å². The molecule has 1 heterocycles. The molecule has 0 aliphatic rings. The summed E-state index contributed by atoms with van der Waals surface area (Å²) in [4.78, 5) is 11.7. The molecular weight excluding hydrogens is 304 g/mol. The Balaban J connectivity index is 2.06. The Morgan fingerprint density at radius 1 is 1.36 bits per heavy atom. The number of carbonyl (C=O) groups excluding carboxylic acids is 1. The van der Waals surface area contributed by atoms with Crippen molar-refractivity contribution in [1.82, 2.24) is 15.5 Å². The molecule has 1 amide bonds. The fraction of sp³-hybridized carbons (Fsp3) is 0.133. The molecule has 2 aromatic rings. The Morgan fingerprint density at radius 3 is 2.77 bits per heavy atom. The largest absolute Gasteiger partial charge is 0.495 e. The van der Waals surface area contributed by atoms with Gasteiger partial charge in [-0.2, -0.15) is 0 Å². The van der Waals surface area contributed by atoms with Gasteiger partial charge in [0.1, 0.15) is 5.75 Å². The van der Waals surface area contributed by atoms with Gasteiger partial charge in [0.25, 0.3) is 5.91 Å². The number of methoxy groups -OCH3 is 1. The summed E-state index contributed by atoms with van der Waals surface area (Å²) in [5, 5.41) is 14.0. The minimum atomic E-state index is -0.300. The van der Waals surface area contributed by atoms with Gasteiger partial charge in [0.05, 0.1) is 12.1 Å². The summed E-state index contributed by atoms with van der Waals surface area (Å²) in [6.45, 7) is 3.91. The maximum atomic E-state index is 11.7. The van der Waals surface area contributed by atoms with Crippen LogP contribution >= 0.6 is 11.6 Å². The van der Waals surface area contributed by atoms with Crippen LogP contribution in [0.5, 0.6) is 5.75 Å². The molecule has 2 rings (SSSR count). The zero-order chi connectivity index (χ0) is 15.9. The Morgan fingerprint density at radius 2 is 2.18 bits per heavy atom. The van der Waals surface area contributed by atoms with E-state index in [9.17, 15) is 4.79 Å². The van der Waals surface area contributed by atoms with E-state index in [0.29, 0.717) is 23.1 Å². The first-order valence-electron chi connectivity index (χ1n) is 6.47. The number of hydrogen-bond donors (Lipinski definition) is 2. The third kappa shape index (κ3) is 3.95. The standard InChI is InChI=1S/C15H15ClN4O2/c1-3-8-17-15(21)12-5-7-14(20-19-12)18-10-4-6-13(22-2)11(16)9-10/h3-7,9H,1,8H2,2H3,(H,17,21)(H,18,20). The zero-order valence-corrected chi connectivity index (χ0v) is 12.7. The Labute approximate surface area is 133 Å². The van der Waals surface area contributed by atoms with Gasteiger partial charge in [0, 0.05) is 12.2 Å². The molecule has 0 fully saturated rings. The highest BCUT2D eigenvalue weighted by Gasteiger charge is 2.07. The molecule has 114 valence electrons. The van der Waals surface area contributed by atoms with Gasteiger partial charge in [-0.1, -0.05) is 17.7 Å². The highest BCUT2D eigenvalue weighted by molar-refractivity contribution is 6.32. The van der Waals surface area contributed by atoms with Crippen LogP contribution in [0, 0.1) is 0 Å². The lowest BCUT2D eigenvalue weighted by atomic mass is 10.3. The third-order valence-electron chi connectivity index (χ3n) is 2.73. The molecule has 0 bridgehead atoms. The molecular formula is C15H15ClN4O2. The predicted molar refractivity (Wildman–Crippen MR) is 85.8 cm³/mol. The van der Waals surface area contributed by atoms with Crippen molar-refractivity contribution in [2.24, 2.45) is 0 Å². The van der Waals surface area contributed by atoms with Gasteiger partial charge in [-0.15, -0.1) is 16.8 Å². The van der Waals surface area contributed by atoms with Crippen LogP contribution in [0.4, 0.5) is 11.5 Å². The molecule has 0 radical (unpaired) electrons. The molecule has 22 heavy (non-hydrogen) atoms. The van der Waals surface area contributed by atoms with Crippen molar-refractivity contribution >= 4 is 29.0 Å². The fourth-order valence-electron chi connectivity index (χ4n) is 1.67. The van der Waals surface area contributed by atoms with E-state index in [1.54, 1.807) is 43.5 Å². The van der Waals surface area contributed by atoms with Crippen molar-refractivity contribution in [3.8, 4) is 5.75 Å². The van der Waals surface area contributed by atoms with E-state index in [1.807, 2.05) is 0 Å². The van der Waals surface area contributed by atoms with Gasteiger partial charge >= 0.3 is 0 Å². The molecule has 0 spiro atoms. The van der Waals surface area contributed by atoms with Gasteiger partial charge in [-0.25, -0.2) is 0 Å². The third-order valence-corrected chi connectivity index (χ3v) is 3.02. The Bertz CT molecular complexity index is 674. The second-order valence-electron chi connectivity index (χ2n) is 4.28. The summed E-state index contributed by atoms with van der Waals surface area (Å²) in [7, 11) is 1.55. The molecule has 0 saturated carbocycles. The molecule has 1 aromatic carbocycles. The molecule has 2 N–H and O–H groups in total. The van der Waals surface area contributed by atoms with E-state index in [-0.39, 0.29) is 11.6 Å². The summed E-state index contributed by atoms with van der Waals surface area (Å²) in [5.41, 5.74) is 0.976. The van der Waals surface area contributed by atoms with Crippen molar-refractivity contribution in [3.05, 3.63) is 53.7 Å². The van der Waals surface area contributed by atoms with Gasteiger partial charge in [-0.3, -0.25) is 4.79 Å². The molecule has 0 unspecified atom stereocenters. The summed E-state index contributed by atoms with van der Waals surface area (Å²) in [6, 6.07) is 8.51. The number of ether oxygens (including phenoxy) is 1. The van der Waals surface area contributed by atoms with Crippen molar-refractivity contribution in [3.63, 3.8) is 0 Å². The molecule has 7 heteroatoms. The van der Waals surface area contributed by atoms with Crippen LogP contribution in [0.15, 0.2) is 43.0 Å². The average molecular weight is 319 g/mol. The highest BCUT2D eigenvalue weighted by atomic mass is 35.5. The molecule has 0 saturated heterocycles. The normalized spacial score (nSPS) is 9.91. The van der Waals surface area contributed by atoms with E-state index in [2.05, 4.69) is 27.4 Å². The zero-order valence-electron chi connectivity index (χ0n) is 12.0. The minimum absolute atomic E-state index is 0.236. The topological polar surface area (TPSA) is 76.1 Å². The summed E-state index contributed by atoms with van der Waals surface area (Å²) < 4.78 is 5.09. The molecule has 1 aromatic heterocycles. The van der Waals surface area contributed by atoms with Crippen LogP contribution in [0.2, 0.25) is 5.02 Å².